The smallest absolute Gasteiger partial charge is 0.652 e. The summed E-state index contributed by atoms with van der Waals surface area (Å²) >= 11 is 0. The number of rotatable bonds is 0. The molecule has 4 nitrogen and oxygen atoms in total. The Morgan fingerprint density at radius 1 is 1.19 bits per heavy atom. The van der Waals surface area contributed by atoms with Gasteiger partial charge in [-0.3, -0.25) is 0 Å². The maximum Gasteiger partial charge on any atom is 1.00 e. The summed E-state index contributed by atoms with van der Waals surface area (Å²) in [7, 11) is 0. The minimum Gasteiger partial charge on any atom is -0.652 e. The van der Waals surface area contributed by atoms with Crippen LogP contribution < -0.4 is 74.1 Å². The van der Waals surface area contributed by atoms with E-state index in [0.717, 1.165) is 5.75 Å². The van der Waals surface area contributed by atoms with Gasteiger partial charge in [0.05, 0.1) is 0 Å². The van der Waals surface area contributed by atoms with E-state index in [1.807, 2.05) is 30.3 Å². The maximum absolute atomic E-state index is 8.33. The van der Waals surface area contributed by atoms with Gasteiger partial charge in [0.1, 0.15) is 12.4 Å². The summed E-state index contributed by atoms with van der Waals surface area (Å²) < 4.78 is 5.34. The predicted octanol–water partition coefficient (Wildman–Crippen LogP) is -6.35. The summed E-state index contributed by atoms with van der Waals surface area (Å²) in [5, 5.41) is 16.7. The molecular weight excluding hydrogens is 230 g/mol. The number of carbonyl (C=O) groups excluding carboxylic acids is 1. The molecule has 0 saturated heterocycles. The van der Waals surface area contributed by atoms with Crippen LogP contribution in [0.1, 0.15) is 5.56 Å². The average molecular weight is 238 g/mol. The first-order chi connectivity index (χ1) is 6.70. The molecule has 1 aromatic carbocycles. The van der Waals surface area contributed by atoms with Crippen molar-refractivity contribution in [1.82, 2.24) is 0 Å². The van der Waals surface area contributed by atoms with Gasteiger partial charge in [0, 0.05) is 5.56 Å². The number of ether oxygens (including phenoxy) is 1. The molecule has 1 aromatic rings. The van der Waals surface area contributed by atoms with Crippen LogP contribution in [0.4, 0.5) is 4.79 Å². The topological polar surface area (TPSA) is 72.4 Å². The van der Waals surface area contributed by atoms with E-state index in [9.17, 15) is 0 Å². The van der Waals surface area contributed by atoms with Crippen molar-refractivity contribution in [3.8, 4) is 5.75 Å². The molecule has 0 unspecified atom stereocenters. The fraction of sp³-hybridized carbons (Fsp3) is 0.100. The van der Waals surface area contributed by atoms with Crippen molar-refractivity contribution < 1.29 is 78.9 Å². The number of hydrogen-bond donors (Lipinski definition) is 0. The molecule has 1 heterocycles. The van der Waals surface area contributed by atoms with Crippen molar-refractivity contribution >= 4 is 12.2 Å². The van der Waals surface area contributed by atoms with Gasteiger partial charge in [-0.15, -0.1) is 0 Å². The Kier molecular flexibility index (Phi) is 11.7. The van der Waals surface area contributed by atoms with Crippen LogP contribution in [0.3, 0.4) is 0 Å². The quantitative estimate of drug-likeness (QED) is 0.421. The van der Waals surface area contributed by atoms with Gasteiger partial charge in [-0.05, 0) is 18.3 Å². The van der Waals surface area contributed by atoms with Crippen LogP contribution in [0.25, 0.3) is 6.08 Å². The van der Waals surface area contributed by atoms with E-state index < -0.39 is 6.16 Å². The Balaban J connectivity index is 0. The van der Waals surface area contributed by atoms with E-state index in [-0.39, 0.29) is 59.1 Å². The molecule has 6 heteroatoms. The zero-order chi connectivity index (χ0) is 10.4. The SMILES string of the molecule is C1=Cc2ccccc2OC1.O=C([O-])[O-].[Na+].[Na+]. The summed E-state index contributed by atoms with van der Waals surface area (Å²) in [6.07, 6.45) is 1.77. The Morgan fingerprint density at radius 3 is 2.31 bits per heavy atom. The average Bonchev–Trinajstić information content (AvgIpc) is 2.17. The minimum atomic E-state index is -2.33. The zero-order valence-electron chi connectivity index (χ0n) is 9.30. The number of fused-ring (bicyclic) bond motifs is 1. The van der Waals surface area contributed by atoms with Gasteiger partial charge >= 0.3 is 59.1 Å². The Hall–Kier alpha value is 0.0300. The van der Waals surface area contributed by atoms with Crippen molar-refractivity contribution in [1.29, 1.82) is 0 Å². The van der Waals surface area contributed by atoms with Crippen LogP contribution in [-0.2, 0) is 0 Å². The van der Waals surface area contributed by atoms with Crippen molar-refractivity contribution in [2.45, 2.75) is 0 Å². The molecule has 1 aliphatic heterocycles. The van der Waals surface area contributed by atoms with Crippen LogP contribution in [-0.4, -0.2) is 12.8 Å². The van der Waals surface area contributed by atoms with E-state index in [1.165, 1.54) is 5.56 Å². The number of benzene rings is 1. The van der Waals surface area contributed by atoms with Crippen LogP contribution in [0, 0.1) is 0 Å². The van der Waals surface area contributed by atoms with E-state index in [4.69, 9.17) is 19.7 Å². The van der Waals surface area contributed by atoms with Gasteiger partial charge in [0.2, 0.25) is 0 Å². The van der Waals surface area contributed by atoms with Crippen molar-refractivity contribution in [3.63, 3.8) is 0 Å². The molecule has 74 valence electrons. The number of para-hydroxylation sites is 1. The molecule has 0 spiro atoms. The first kappa shape index (κ1) is 18.4. The molecular formula is C10H8Na2O4. The van der Waals surface area contributed by atoms with E-state index >= 15 is 0 Å². The third kappa shape index (κ3) is 7.33. The molecule has 0 aliphatic carbocycles. The normalized spacial score (nSPS) is 10.2. The summed E-state index contributed by atoms with van der Waals surface area (Å²) in [5.74, 6) is 0.991. The molecule has 16 heavy (non-hydrogen) atoms. The number of carbonyl (C=O) groups is 1. The van der Waals surface area contributed by atoms with Gasteiger partial charge in [-0.25, -0.2) is 0 Å². The van der Waals surface area contributed by atoms with Crippen LogP contribution in [0.2, 0.25) is 0 Å². The third-order valence-electron chi connectivity index (χ3n) is 1.55. The summed E-state index contributed by atoms with van der Waals surface area (Å²) in [4.78, 5) is 8.33. The molecule has 2 rings (SSSR count). The first-order valence-corrected chi connectivity index (χ1v) is 3.96. The van der Waals surface area contributed by atoms with Crippen LogP contribution in [0.15, 0.2) is 30.3 Å². The summed E-state index contributed by atoms with van der Waals surface area (Å²) in [6.45, 7) is 0.705. The molecule has 0 radical (unpaired) electrons. The molecule has 0 atom stereocenters. The number of hydrogen-bond acceptors (Lipinski definition) is 4. The van der Waals surface area contributed by atoms with Crippen LogP contribution in [0.5, 0.6) is 5.75 Å². The predicted molar refractivity (Wildman–Crippen MR) is 46.4 cm³/mol. The summed E-state index contributed by atoms with van der Waals surface area (Å²) in [6, 6.07) is 8.03. The second-order valence-corrected chi connectivity index (χ2v) is 2.50. The van der Waals surface area contributed by atoms with E-state index in [2.05, 4.69) is 6.08 Å². The number of carboxylic acid groups (broad SMARTS) is 2. The van der Waals surface area contributed by atoms with Gasteiger partial charge in [0.25, 0.3) is 0 Å². The van der Waals surface area contributed by atoms with Crippen LogP contribution >= 0.6 is 0 Å². The Labute approximate surface area is 138 Å². The van der Waals surface area contributed by atoms with Gasteiger partial charge in [-0.2, -0.15) is 0 Å². The molecule has 0 fully saturated rings. The van der Waals surface area contributed by atoms with E-state index in [1.54, 1.807) is 0 Å². The molecule has 0 bridgehead atoms. The minimum absolute atomic E-state index is 0. The molecule has 0 amide bonds. The van der Waals surface area contributed by atoms with Crippen molar-refractivity contribution in [2.75, 3.05) is 6.61 Å². The van der Waals surface area contributed by atoms with Crippen molar-refractivity contribution in [2.24, 2.45) is 0 Å². The third-order valence-corrected chi connectivity index (χ3v) is 1.55. The van der Waals surface area contributed by atoms with Gasteiger partial charge < -0.3 is 19.7 Å². The molecule has 0 aromatic heterocycles. The molecule has 1 aliphatic rings. The Morgan fingerprint density at radius 2 is 1.75 bits per heavy atom. The second-order valence-electron chi connectivity index (χ2n) is 2.50. The van der Waals surface area contributed by atoms with Gasteiger partial charge in [-0.1, -0.05) is 24.3 Å². The second kappa shape index (κ2) is 10.2. The monoisotopic (exact) mass is 238 g/mol. The molecule has 0 saturated carbocycles. The zero-order valence-corrected chi connectivity index (χ0v) is 13.3. The molecule has 0 N–H and O–H groups in total. The maximum atomic E-state index is 8.33. The fourth-order valence-electron chi connectivity index (χ4n) is 1.06. The standard InChI is InChI=1S/C9H8O.CH2O3.2Na/c1-2-6-9-8(4-1)5-3-7-10-9;2-1(3)4;;/h1-6H,7H2;(H2,2,3,4);;/q;;2*+1/p-2. The Bertz CT molecular complexity index is 348. The van der Waals surface area contributed by atoms with Crippen molar-refractivity contribution in [3.05, 3.63) is 35.9 Å². The fourth-order valence-corrected chi connectivity index (χ4v) is 1.06. The first-order valence-electron chi connectivity index (χ1n) is 3.96. The van der Waals surface area contributed by atoms with Gasteiger partial charge in [0.15, 0.2) is 0 Å². The summed E-state index contributed by atoms with van der Waals surface area (Å²) in [5.41, 5.74) is 1.17. The van der Waals surface area contributed by atoms with E-state index in [0.29, 0.717) is 6.61 Å². The largest absolute Gasteiger partial charge is 1.00 e.